The van der Waals surface area contributed by atoms with Gasteiger partial charge in [-0.2, -0.15) is 15.7 Å². The number of carbonyl (C=O) groups is 1. The van der Waals surface area contributed by atoms with Crippen LogP contribution in [0.15, 0.2) is 47.2 Å². The van der Waals surface area contributed by atoms with Gasteiger partial charge in [0, 0.05) is 25.6 Å². The van der Waals surface area contributed by atoms with Crippen LogP contribution in [0.5, 0.6) is 11.5 Å². The largest absolute Gasteiger partial charge is 0.486 e. The van der Waals surface area contributed by atoms with Gasteiger partial charge in [-0.15, -0.1) is 0 Å². The molecule has 0 aliphatic carbocycles. The average Bonchev–Trinajstić information content (AvgIpc) is 3.62. The number of thiophene rings is 1. The molecule has 9 heteroatoms. The molecule has 6 rings (SSSR count). The first-order chi connectivity index (χ1) is 18.5. The van der Waals surface area contributed by atoms with Crippen LogP contribution >= 0.6 is 11.3 Å². The van der Waals surface area contributed by atoms with Gasteiger partial charge in [-0.1, -0.05) is 12.1 Å². The number of fused-ring (bicyclic) bond motifs is 1. The Morgan fingerprint density at radius 3 is 2.45 bits per heavy atom. The minimum atomic E-state index is -1.20. The van der Waals surface area contributed by atoms with E-state index in [0.717, 1.165) is 32.5 Å². The molecule has 3 aromatic rings. The zero-order chi connectivity index (χ0) is 26.2. The number of hydrogen-bond acceptors (Lipinski definition) is 5. The molecule has 2 unspecified atom stereocenters. The highest BCUT2D eigenvalue weighted by atomic mass is 32.1. The van der Waals surface area contributed by atoms with Crippen LogP contribution in [0.2, 0.25) is 0 Å². The van der Waals surface area contributed by atoms with Crippen LogP contribution < -0.4 is 9.47 Å². The molecule has 0 spiro atoms. The zero-order valence-corrected chi connectivity index (χ0v) is 21.7. The Balaban J connectivity index is 1.17. The number of likely N-dealkylation sites (tertiary alicyclic amines) is 2. The zero-order valence-electron chi connectivity index (χ0n) is 20.9. The molecule has 1 amide bonds. The normalized spacial score (nSPS) is 22.1. The summed E-state index contributed by atoms with van der Waals surface area (Å²) in [6, 6.07) is 10.1. The van der Waals surface area contributed by atoms with E-state index in [0.29, 0.717) is 19.0 Å². The number of halogens is 3. The molecule has 2 saturated heterocycles. The summed E-state index contributed by atoms with van der Waals surface area (Å²) in [5.41, 5.74) is 2.02. The average molecular weight is 543 g/mol. The minimum Gasteiger partial charge on any atom is -0.486 e. The van der Waals surface area contributed by atoms with Gasteiger partial charge in [0.2, 0.25) is 5.82 Å². The lowest BCUT2D eigenvalue weighted by Crippen LogP contribution is -2.38. The first-order valence-electron chi connectivity index (χ1n) is 13.0. The number of amides is 1. The summed E-state index contributed by atoms with van der Waals surface area (Å²) in [5.74, 6) is -2.64. The molecule has 0 bridgehead atoms. The van der Waals surface area contributed by atoms with Crippen molar-refractivity contribution < 1.29 is 27.4 Å². The summed E-state index contributed by atoms with van der Waals surface area (Å²) in [7, 11) is 0. The predicted octanol–water partition coefficient (Wildman–Crippen LogP) is 5.67. The number of piperidine rings is 1. The monoisotopic (exact) mass is 542 g/mol. The van der Waals surface area contributed by atoms with E-state index < -0.39 is 17.5 Å². The summed E-state index contributed by atoms with van der Waals surface area (Å²) in [4.78, 5) is 17.5. The number of rotatable bonds is 5. The van der Waals surface area contributed by atoms with Gasteiger partial charge >= 0.3 is 0 Å². The molecule has 0 N–H and O–H groups in total. The molecule has 4 heterocycles. The molecule has 2 atom stereocenters. The maximum Gasteiger partial charge on any atom is 0.257 e. The standard InChI is InChI=1S/C29H29F3N2O3S/c30-22-3-1-18(2-4-22)19-5-8-33(9-6-19)14-21-15-34(16-24(21)20-7-12-38-17-20)29(35)23-13-25-28(27(32)26(23)31)37-11-10-36-25/h1-4,7,12-13,17,19,21,24H,5-6,8-11,14-16H2. The van der Waals surface area contributed by atoms with Gasteiger partial charge in [0.05, 0.1) is 5.56 Å². The fourth-order valence-corrected chi connectivity index (χ4v) is 6.78. The van der Waals surface area contributed by atoms with Crippen LogP contribution in [-0.2, 0) is 0 Å². The summed E-state index contributed by atoms with van der Waals surface area (Å²) < 4.78 is 53.6. The topological polar surface area (TPSA) is 42.0 Å². The first-order valence-corrected chi connectivity index (χ1v) is 14.0. The number of hydrogen-bond donors (Lipinski definition) is 0. The van der Waals surface area contributed by atoms with E-state index in [4.69, 9.17) is 9.47 Å². The van der Waals surface area contributed by atoms with E-state index in [2.05, 4.69) is 16.3 Å². The summed E-state index contributed by atoms with van der Waals surface area (Å²) in [6.07, 6.45) is 1.98. The molecule has 2 aromatic carbocycles. The molecule has 200 valence electrons. The number of benzene rings is 2. The Hall–Kier alpha value is -3.04. The van der Waals surface area contributed by atoms with E-state index >= 15 is 0 Å². The van der Waals surface area contributed by atoms with Crippen molar-refractivity contribution in [2.45, 2.75) is 24.7 Å². The number of ether oxygens (including phenoxy) is 2. The van der Waals surface area contributed by atoms with E-state index in [1.165, 1.54) is 29.3 Å². The Bertz CT molecular complexity index is 1290. The van der Waals surface area contributed by atoms with Crippen LogP contribution in [0.4, 0.5) is 13.2 Å². The van der Waals surface area contributed by atoms with E-state index in [9.17, 15) is 18.0 Å². The first kappa shape index (κ1) is 25.2. The predicted molar refractivity (Wildman–Crippen MR) is 139 cm³/mol. The molecule has 1 aromatic heterocycles. The molecule has 5 nitrogen and oxygen atoms in total. The van der Waals surface area contributed by atoms with Crippen molar-refractivity contribution in [3.8, 4) is 11.5 Å². The molecule has 38 heavy (non-hydrogen) atoms. The fraction of sp³-hybridized carbons (Fsp3) is 0.414. The third-order valence-corrected chi connectivity index (χ3v) is 8.77. The highest BCUT2D eigenvalue weighted by Crippen LogP contribution is 2.39. The minimum absolute atomic E-state index is 0.0626. The molecule has 2 fully saturated rings. The highest BCUT2D eigenvalue weighted by molar-refractivity contribution is 7.08. The second-order valence-corrected chi connectivity index (χ2v) is 11.1. The van der Waals surface area contributed by atoms with Crippen molar-refractivity contribution in [3.05, 3.63) is 81.3 Å². The molecule has 3 aliphatic rings. The van der Waals surface area contributed by atoms with Crippen LogP contribution in [0, 0.1) is 23.4 Å². The molecular weight excluding hydrogens is 513 g/mol. The lowest BCUT2D eigenvalue weighted by Gasteiger charge is -2.34. The lowest BCUT2D eigenvalue weighted by molar-refractivity contribution is 0.0773. The Morgan fingerprint density at radius 1 is 0.947 bits per heavy atom. The fourth-order valence-electron chi connectivity index (χ4n) is 6.05. The Labute approximate surface area is 223 Å². The summed E-state index contributed by atoms with van der Waals surface area (Å²) in [5, 5.41) is 4.14. The van der Waals surface area contributed by atoms with Crippen LogP contribution in [0.25, 0.3) is 0 Å². The number of nitrogens with zero attached hydrogens (tertiary/aromatic N) is 2. The second-order valence-electron chi connectivity index (χ2n) is 10.3. The molecule has 3 aliphatic heterocycles. The van der Waals surface area contributed by atoms with Gasteiger partial charge < -0.3 is 19.3 Å². The van der Waals surface area contributed by atoms with E-state index in [1.807, 2.05) is 17.5 Å². The highest BCUT2D eigenvalue weighted by Gasteiger charge is 2.39. The number of carbonyl (C=O) groups excluding carboxylic acids is 1. The van der Waals surface area contributed by atoms with Gasteiger partial charge in [0.1, 0.15) is 19.0 Å². The Kier molecular flexibility index (Phi) is 7.05. The lowest BCUT2D eigenvalue weighted by atomic mass is 9.87. The molecule has 0 saturated carbocycles. The van der Waals surface area contributed by atoms with Crippen molar-refractivity contribution in [1.82, 2.24) is 9.80 Å². The maximum absolute atomic E-state index is 14.9. The molecular formula is C29H29F3N2O3S. The summed E-state index contributed by atoms with van der Waals surface area (Å²) in [6.45, 7) is 3.92. The Morgan fingerprint density at radius 2 is 1.71 bits per heavy atom. The maximum atomic E-state index is 14.9. The van der Waals surface area contributed by atoms with Gasteiger partial charge in [-0.25, -0.2) is 8.78 Å². The molecule has 0 radical (unpaired) electrons. The van der Waals surface area contributed by atoms with E-state index in [1.54, 1.807) is 16.2 Å². The SMILES string of the molecule is O=C(c1cc2c(c(F)c1F)OCCO2)N1CC(CN2CCC(c3ccc(F)cc3)CC2)C(c2ccsc2)C1. The van der Waals surface area contributed by atoms with Crippen molar-refractivity contribution in [2.24, 2.45) is 5.92 Å². The van der Waals surface area contributed by atoms with E-state index in [-0.39, 0.29) is 47.9 Å². The quantitative estimate of drug-likeness (QED) is 0.417. The van der Waals surface area contributed by atoms with Gasteiger partial charge in [-0.05, 0) is 83.9 Å². The van der Waals surface area contributed by atoms with Crippen LogP contribution in [0.1, 0.15) is 46.2 Å². The van der Waals surface area contributed by atoms with Crippen molar-refractivity contribution >= 4 is 17.2 Å². The van der Waals surface area contributed by atoms with Crippen molar-refractivity contribution in [1.29, 1.82) is 0 Å². The van der Waals surface area contributed by atoms with Crippen molar-refractivity contribution in [2.75, 3.05) is 45.9 Å². The second kappa shape index (κ2) is 10.6. The van der Waals surface area contributed by atoms with Gasteiger partial charge in [0.25, 0.3) is 5.91 Å². The van der Waals surface area contributed by atoms with Crippen LogP contribution in [-0.4, -0.2) is 61.6 Å². The third kappa shape index (κ3) is 4.89. The van der Waals surface area contributed by atoms with Crippen molar-refractivity contribution in [3.63, 3.8) is 0 Å². The van der Waals surface area contributed by atoms with Gasteiger partial charge in [0.15, 0.2) is 17.3 Å². The van der Waals surface area contributed by atoms with Crippen LogP contribution in [0.3, 0.4) is 0 Å². The van der Waals surface area contributed by atoms with Gasteiger partial charge in [-0.3, -0.25) is 4.79 Å². The third-order valence-electron chi connectivity index (χ3n) is 8.07. The summed E-state index contributed by atoms with van der Waals surface area (Å²) >= 11 is 1.62. The smallest absolute Gasteiger partial charge is 0.257 e.